The van der Waals surface area contributed by atoms with Gasteiger partial charge in [0.05, 0.1) is 0 Å². The Morgan fingerprint density at radius 1 is 1.47 bits per heavy atom. The lowest BCUT2D eigenvalue weighted by Gasteiger charge is -2.40. The molecule has 1 rings (SSSR count). The van der Waals surface area contributed by atoms with Gasteiger partial charge in [0, 0.05) is 25.2 Å². The maximum absolute atomic E-state index is 12.7. The third-order valence-corrected chi connectivity index (χ3v) is 5.70. The fourth-order valence-corrected chi connectivity index (χ4v) is 4.42. The molecule has 112 valence electrons. The van der Waals surface area contributed by atoms with Crippen molar-refractivity contribution in [1.29, 1.82) is 0 Å². The molecule has 1 aliphatic heterocycles. The molecule has 1 unspecified atom stereocenters. The average Bonchev–Trinajstić information content (AvgIpc) is 2.34. The molecule has 0 amide bonds. The van der Waals surface area contributed by atoms with E-state index in [1.165, 1.54) is 4.31 Å². The fourth-order valence-electron chi connectivity index (χ4n) is 2.40. The van der Waals surface area contributed by atoms with E-state index in [9.17, 15) is 8.42 Å². The molecule has 1 heterocycles. The SMILES string of the molecule is C=CCN(C(C)(C)C)S(=O)(=O)N1CCCC(CN)C1. The molecule has 1 aliphatic rings. The number of piperidine rings is 1. The molecule has 1 saturated heterocycles. The van der Waals surface area contributed by atoms with Gasteiger partial charge in [0.1, 0.15) is 0 Å². The van der Waals surface area contributed by atoms with Crippen LogP contribution in [0.5, 0.6) is 0 Å². The molecule has 0 saturated carbocycles. The van der Waals surface area contributed by atoms with E-state index >= 15 is 0 Å². The number of nitrogens with zero attached hydrogens (tertiary/aromatic N) is 2. The maximum atomic E-state index is 12.7. The van der Waals surface area contributed by atoms with Gasteiger partial charge in [-0.1, -0.05) is 6.08 Å². The van der Waals surface area contributed by atoms with Gasteiger partial charge in [-0.25, -0.2) is 0 Å². The van der Waals surface area contributed by atoms with Crippen molar-refractivity contribution in [2.24, 2.45) is 11.7 Å². The van der Waals surface area contributed by atoms with Gasteiger partial charge in [-0.3, -0.25) is 0 Å². The number of hydrogen-bond donors (Lipinski definition) is 1. The minimum atomic E-state index is -3.45. The Kier molecular flexibility index (Phi) is 5.55. The maximum Gasteiger partial charge on any atom is 0.282 e. The normalized spacial score (nSPS) is 22.7. The second-order valence-corrected chi connectivity index (χ2v) is 7.95. The highest BCUT2D eigenvalue weighted by molar-refractivity contribution is 7.86. The van der Waals surface area contributed by atoms with Crippen molar-refractivity contribution in [3.8, 4) is 0 Å². The van der Waals surface area contributed by atoms with Crippen molar-refractivity contribution in [3.05, 3.63) is 12.7 Å². The van der Waals surface area contributed by atoms with Gasteiger partial charge in [-0.2, -0.15) is 17.0 Å². The zero-order chi connectivity index (χ0) is 14.7. The molecule has 0 aromatic carbocycles. The molecular weight excluding hydrogens is 262 g/mol. The Morgan fingerprint density at radius 2 is 2.11 bits per heavy atom. The summed E-state index contributed by atoms with van der Waals surface area (Å²) in [6.07, 6.45) is 3.53. The molecule has 0 aromatic heterocycles. The zero-order valence-electron chi connectivity index (χ0n) is 12.3. The zero-order valence-corrected chi connectivity index (χ0v) is 13.1. The van der Waals surface area contributed by atoms with Crippen LogP contribution in [0.2, 0.25) is 0 Å². The van der Waals surface area contributed by atoms with Crippen molar-refractivity contribution in [3.63, 3.8) is 0 Å². The van der Waals surface area contributed by atoms with E-state index in [0.29, 0.717) is 26.2 Å². The lowest BCUT2D eigenvalue weighted by Crippen LogP contribution is -2.54. The quantitative estimate of drug-likeness (QED) is 0.773. The molecular formula is C13H27N3O2S. The minimum absolute atomic E-state index is 0.272. The van der Waals surface area contributed by atoms with Gasteiger partial charge in [0.15, 0.2) is 0 Å². The molecule has 0 aromatic rings. The molecule has 1 atom stereocenters. The van der Waals surface area contributed by atoms with Gasteiger partial charge >= 0.3 is 0 Å². The van der Waals surface area contributed by atoms with Crippen LogP contribution in [-0.2, 0) is 10.2 Å². The standard InChI is InChI=1S/C13H27N3O2S/c1-5-8-16(13(2,3)4)19(17,18)15-9-6-7-12(10-14)11-15/h5,12H,1,6-11,14H2,2-4H3. The van der Waals surface area contributed by atoms with Crippen LogP contribution in [0.1, 0.15) is 33.6 Å². The summed E-state index contributed by atoms with van der Waals surface area (Å²) in [5, 5.41) is 0. The van der Waals surface area contributed by atoms with Gasteiger partial charge in [-0.15, -0.1) is 6.58 Å². The van der Waals surface area contributed by atoms with Gasteiger partial charge in [0.2, 0.25) is 0 Å². The Labute approximate surface area is 117 Å². The van der Waals surface area contributed by atoms with E-state index < -0.39 is 15.7 Å². The summed E-state index contributed by atoms with van der Waals surface area (Å²) in [4.78, 5) is 0. The molecule has 0 spiro atoms. The smallest absolute Gasteiger partial charge is 0.282 e. The highest BCUT2D eigenvalue weighted by atomic mass is 32.2. The Hall–Kier alpha value is -0.430. The summed E-state index contributed by atoms with van der Waals surface area (Å²) in [5.74, 6) is 0.272. The second-order valence-electron chi connectivity index (χ2n) is 6.10. The summed E-state index contributed by atoms with van der Waals surface area (Å²) in [6.45, 7) is 11.4. The van der Waals surface area contributed by atoms with Gasteiger partial charge < -0.3 is 5.73 Å². The van der Waals surface area contributed by atoms with Crippen molar-refractivity contribution in [2.45, 2.75) is 39.2 Å². The summed E-state index contributed by atoms with van der Waals surface area (Å²) in [5.41, 5.74) is 5.22. The van der Waals surface area contributed by atoms with Crippen molar-refractivity contribution in [2.75, 3.05) is 26.2 Å². The van der Waals surface area contributed by atoms with Crippen LogP contribution in [0.3, 0.4) is 0 Å². The molecule has 0 aliphatic carbocycles. The Morgan fingerprint density at radius 3 is 2.58 bits per heavy atom. The Balaban J connectivity index is 2.96. The topological polar surface area (TPSA) is 66.6 Å². The average molecular weight is 289 g/mol. The van der Waals surface area contributed by atoms with Crippen molar-refractivity contribution in [1.82, 2.24) is 8.61 Å². The number of nitrogens with two attached hydrogens (primary N) is 1. The van der Waals surface area contributed by atoms with Crippen LogP contribution >= 0.6 is 0 Å². The van der Waals surface area contributed by atoms with Crippen LogP contribution in [0.4, 0.5) is 0 Å². The Bertz CT molecular complexity index is 401. The highest BCUT2D eigenvalue weighted by Crippen LogP contribution is 2.25. The van der Waals surface area contributed by atoms with Gasteiger partial charge in [-0.05, 0) is 46.1 Å². The van der Waals surface area contributed by atoms with Crippen LogP contribution in [0, 0.1) is 5.92 Å². The van der Waals surface area contributed by atoms with Crippen LogP contribution in [-0.4, -0.2) is 48.7 Å². The fraction of sp³-hybridized carbons (Fsp3) is 0.846. The third kappa shape index (κ3) is 4.02. The molecule has 6 heteroatoms. The minimum Gasteiger partial charge on any atom is -0.330 e. The predicted octanol–water partition coefficient (Wildman–Crippen LogP) is 1.19. The molecule has 0 radical (unpaired) electrons. The first-order chi connectivity index (χ1) is 8.73. The van der Waals surface area contributed by atoms with Crippen molar-refractivity contribution >= 4 is 10.2 Å². The van der Waals surface area contributed by atoms with Crippen molar-refractivity contribution < 1.29 is 8.42 Å². The second kappa shape index (κ2) is 6.35. The summed E-state index contributed by atoms with van der Waals surface area (Å²) in [7, 11) is -3.45. The van der Waals surface area contributed by atoms with E-state index in [2.05, 4.69) is 6.58 Å². The first-order valence-electron chi connectivity index (χ1n) is 6.82. The predicted molar refractivity (Wildman–Crippen MR) is 78.9 cm³/mol. The number of hydrogen-bond acceptors (Lipinski definition) is 3. The third-order valence-electron chi connectivity index (χ3n) is 3.46. The van der Waals surface area contributed by atoms with Crippen LogP contribution in [0.15, 0.2) is 12.7 Å². The monoisotopic (exact) mass is 289 g/mol. The molecule has 2 N–H and O–H groups in total. The molecule has 0 bridgehead atoms. The largest absolute Gasteiger partial charge is 0.330 e. The summed E-state index contributed by atoms with van der Waals surface area (Å²) < 4.78 is 28.6. The molecule has 19 heavy (non-hydrogen) atoms. The lowest BCUT2D eigenvalue weighted by molar-refractivity contribution is 0.214. The summed E-state index contributed by atoms with van der Waals surface area (Å²) in [6, 6.07) is 0. The summed E-state index contributed by atoms with van der Waals surface area (Å²) >= 11 is 0. The first-order valence-corrected chi connectivity index (χ1v) is 8.22. The lowest BCUT2D eigenvalue weighted by atomic mass is 10.0. The van der Waals surface area contributed by atoms with E-state index in [1.54, 1.807) is 10.4 Å². The van der Waals surface area contributed by atoms with E-state index in [1.807, 2.05) is 20.8 Å². The van der Waals surface area contributed by atoms with Crippen LogP contribution in [0.25, 0.3) is 0 Å². The first kappa shape index (κ1) is 16.6. The number of rotatable bonds is 5. The highest BCUT2D eigenvalue weighted by Gasteiger charge is 2.38. The molecule has 5 nitrogen and oxygen atoms in total. The van der Waals surface area contributed by atoms with E-state index in [0.717, 1.165) is 12.8 Å². The van der Waals surface area contributed by atoms with E-state index in [4.69, 9.17) is 5.73 Å². The van der Waals surface area contributed by atoms with Crippen LogP contribution < -0.4 is 5.73 Å². The van der Waals surface area contributed by atoms with E-state index in [-0.39, 0.29) is 5.92 Å². The van der Waals surface area contributed by atoms with Gasteiger partial charge in [0.25, 0.3) is 10.2 Å². The molecule has 1 fully saturated rings.